The number of benzene rings is 2. The Hall–Kier alpha value is -1.33. The zero-order valence-electron chi connectivity index (χ0n) is 10.4. The van der Waals surface area contributed by atoms with Gasteiger partial charge in [0.1, 0.15) is 0 Å². The van der Waals surface area contributed by atoms with Crippen LogP contribution in [0.2, 0.25) is 0 Å². The molecule has 3 nitrogen and oxygen atoms in total. The fraction of sp³-hybridized carbons (Fsp3) is 0.133. The molecule has 1 aliphatic heterocycles. The molecule has 2 aromatic carbocycles. The van der Waals surface area contributed by atoms with Gasteiger partial charge in [-0.1, -0.05) is 42.5 Å². The maximum Gasteiger partial charge on any atom is 0.280 e. The number of rotatable bonds is 1. The quantitative estimate of drug-likeness (QED) is 0.499. The summed E-state index contributed by atoms with van der Waals surface area (Å²) in [4.78, 5) is 0.447. The monoisotopic (exact) mass is 392 g/mol. The van der Waals surface area contributed by atoms with Crippen LogP contribution in [0.1, 0.15) is 16.7 Å². The smallest absolute Gasteiger partial charge is 0.280 e. The van der Waals surface area contributed by atoms with Gasteiger partial charge in [0.25, 0.3) is 9.44 Å². The Morgan fingerprint density at radius 3 is 2.70 bits per heavy atom. The summed E-state index contributed by atoms with van der Waals surface area (Å²) >= 11 is 6.87. The highest BCUT2D eigenvalue weighted by Crippen LogP contribution is 2.44. The molecule has 4 rings (SSSR count). The van der Waals surface area contributed by atoms with Gasteiger partial charge < -0.3 is 4.74 Å². The number of nitrogens with one attached hydrogen (secondary N) is 1. The van der Waals surface area contributed by atoms with E-state index in [1.165, 1.54) is 22.3 Å². The van der Waals surface area contributed by atoms with Gasteiger partial charge in [-0.05, 0) is 44.6 Å². The zero-order chi connectivity index (χ0) is 13.7. The first-order valence-electron chi connectivity index (χ1n) is 6.26. The molecule has 1 heterocycles. The molecule has 100 valence electrons. The molecular formula is C15H10Br2N2O. The van der Waals surface area contributed by atoms with Crippen molar-refractivity contribution >= 4 is 36.7 Å². The third kappa shape index (κ3) is 1.73. The third-order valence-corrected chi connectivity index (χ3v) is 4.82. The molecule has 5 heteroatoms. The second-order valence-electron chi connectivity index (χ2n) is 4.84. The van der Waals surface area contributed by atoms with Crippen molar-refractivity contribution in [3.8, 4) is 11.1 Å². The van der Waals surface area contributed by atoms with Gasteiger partial charge in [0, 0.05) is 21.5 Å². The summed E-state index contributed by atoms with van der Waals surface area (Å²) in [6, 6.07) is 14.8. The topological polar surface area (TPSA) is 33.6 Å². The minimum Gasteiger partial charge on any atom is -0.429 e. The number of ether oxygens (including phenoxy) is 1. The van der Waals surface area contributed by atoms with E-state index in [-0.39, 0.29) is 0 Å². The SMILES string of the molecule is BrC1=NNC(Br)(c2cccc3c2Cc2ccccc2-3)O1. The van der Waals surface area contributed by atoms with E-state index in [2.05, 4.69) is 84.9 Å². The van der Waals surface area contributed by atoms with Gasteiger partial charge in [0.05, 0.1) is 0 Å². The molecule has 0 spiro atoms. The molecule has 1 atom stereocenters. The summed E-state index contributed by atoms with van der Waals surface area (Å²) in [5.41, 5.74) is 9.25. The molecule has 2 aliphatic rings. The van der Waals surface area contributed by atoms with Gasteiger partial charge in [-0.25, -0.2) is 0 Å². The number of alkyl halides is 1. The summed E-state index contributed by atoms with van der Waals surface area (Å²) in [5.74, 6) is 0. The van der Waals surface area contributed by atoms with Crippen LogP contribution in [0.25, 0.3) is 11.1 Å². The average Bonchev–Trinajstić information content (AvgIpc) is 2.99. The Bertz CT molecular complexity index is 744. The van der Waals surface area contributed by atoms with Crippen LogP contribution in [0.3, 0.4) is 0 Å². The van der Waals surface area contributed by atoms with E-state index in [4.69, 9.17) is 4.74 Å². The van der Waals surface area contributed by atoms with Gasteiger partial charge >= 0.3 is 0 Å². The molecular weight excluding hydrogens is 384 g/mol. The first kappa shape index (κ1) is 12.4. The van der Waals surface area contributed by atoms with Gasteiger partial charge in [-0.15, -0.1) is 5.10 Å². The lowest BCUT2D eigenvalue weighted by atomic mass is 10.0. The number of hydrogen-bond acceptors (Lipinski definition) is 3. The maximum atomic E-state index is 5.73. The molecule has 1 unspecified atom stereocenters. The number of hydrazone groups is 1. The van der Waals surface area contributed by atoms with Crippen LogP contribution in [-0.4, -0.2) is 4.81 Å². The summed E-state index contributed by atoms with van der Waals surface area (Å²) in [5, 5.41) is 4.05. The van der Waals surface area contributed by atoms with Crippen LogP contribution in [0.5, 0.6) is 0 Å². The molecule has 0 bridgehead atoms. The minimum absolute atomic E-state index is 0.447. The lowest BCUT2D eigenvalue weighted by Crippen LogP contribution is -2.31. The predicted octanol–water partition coefficient (Wildman–Crippen LogP) is 4.05. The lowest BCUT2D eigenvalue weighted by Gasteiger charge is -2.23. The Morgan fingerprint density at radius 2 is 1.90 bits per heavy atom. The highest BCUT2D eigenvalue weighted by atomic mass is 79.9. The van der Waals surface area contributed by atoms with Crippen molar-refractivity contribution in [2.24, 2.45) is 5.10 Å². The van der Waals surface area contributed by atoms with Crippen molar-refractivity contribution in [3.63, 3.8) is 0 Å². The first-order valence-corrected chi connectivity index (χ1v) is 7.85. The molecule has 0 saturated heterocycles. The van der Waals surface area contributed by atoms with E-state index in [0.717, 1.165) is 12.0 Å². The molecule has 2 aromatic rings. The van der Waals surface area contributed by atoms with Gasteiger partial charge in [0.15, 0.2) is 0 Å². The zero-order valence-corrected chi connectivity index (χ0v) is 13.5. The highest BCUT2D eigenvalue weighted by molar-refractivity contribution is 9.18. The van der Waals surface area contributed by atoms with Crippen molar-refractivity contribution in [3.05, 3.63) is 59.2 Å². The average molecular weight is 394 g/mol. The fourth-order valence-corrected chi connectivity index (χ4v) is 4.01. The number of halogens is 2. The fourth-order valence-electron chi connectivity index (χ4n) is 2.85. The van der Waals surface area contributed by atoms with E-state index >= 15 is 0 Å². The Morgan fingerprint density at radius 1 is 1.10 bits per heavy atom. The van der Waals surface area contributed by atoms with Crippen molar-refractivity contribution in [2.45, 2.75) is 11.1 Å². The maximum absolute atomic E-state index is 5.73. The normalized spacial score (nSPS) is 22.6. The molecule has 1 aliphatic carbocycles. The van der Waals surface area contributed by atoms with E-state index in [9.17, 15) is 0 Å². The summed E-state index contributed by atoms with van der Waals surface area (Å²) in [6.45, 7) is 0. The number of hydrogen-bond donors (Lipinski definition) is 1. The van der Waals surface area contributed by atoms with Gasteiger partial charge in [0.2, 0.25) is 0 Å². The lowest BCUT2D eigenvalue weighted by molar-refractivity contribution is 0.162. The predicted molar refractivity (Wildman–Crippen MR) is 85.9 cm³/mol. The van der Waals surface area contributed by atoms with Crippen LogP contribution >= 0.6 is 31.9 Å². The Balaban J connectivity index is 1.86. The summed E-state index contributed by atoms with van der Waals surface area (Å²) in [7, 11) is 0. The molecule has 0 fully saturated rings. The van der Waals surface area contributed by atoms with Crippen molar-refractivity contribution in [1.29, 1.82) is 0 Å². The second kappa shape index (κ2) is 4.33. The van der Waals surface area contributed by atoms with Crippen molar-refractivity contribution < 1.29 is 4.74 Å². The number of nitrogens with zero attached hydrogens (tertiary/aromatic N) is 1. The van der Waals surface area contributed by atoms with Crippen LogP contribution in [-0.2, 0) is 15.8 Å². The molecule has 0 amide bonds. The minimum atomic E-state index is -0.792. The molecule has 0 aromatic heterocycles. The Kier molecular flexibility index (Phi) is 2.69. The molecule has 0 saturated carbocycles. The van der Waals surface area contributed by atoms with Crippen LogP contribution in [0.15, 0.2) is 47.6 Å². The second-order valence-corrected chi connectivity index (χ2v) is 6.63. The molecule has 1 N–H and O–H groups in total. The van der Waals surface area contributed by atoms with Crippen molar-refractivity contribution in [2.75, 3.05) is 0 Å². The molecule has 20 heavy (non-hydrogen) atoms. The largest absolute Gasteiger partial charge is 0.429 e. The van der Waals surface area contributed by atoms with E-state index in [0.29, 0.717) is 4.81 Å². The number of fused-ring (bicyclic) bond motifs is 3. The van der Waals surface area contributed by atoms with Gasteiger partial charge in [-0.2, -0.15) is 0 Å². The standard InChI is InChI=1S/C15H10Br2N2O/c16-14-18-19-15(17,20-14)13-7-3-6-11-10-5-2-1-4-9(10)8-12(11)13/h1-7,19H,8H2. The van der Waals surface area contributed by atoms with E-state index < -0.39 is 4.63 Å². The van der Waals surface area contributed by atoms with Crippen LogP contribution in [0, 0.1) is 0 Å². The molecule has 0 radical (unpaired) electrons. The third-order valence-electron chi connectivity index (χ3n) is 3.71. The van der Waals surface area contributed by atoms with Crippen LogP contribution < -0.4 is 5.43 Å². The summed E-state index contributed by atoms with van der Waals surface area (Å²) < 4.78 is 4.94. The Labute approximate surface area is 133 Å². The van der Waals surface area contributed by atoms with E-state index in [1.54, 1.807) is 0 Å². The van der Waals surface area contributed by atoms with Crippen LogP contribution in [0.4, 0.5) is 0 Å². The first-order chi connectivity index (χ1) is 9.67. The van der Waals surface area contributed by atoms with E-state index in [1.807, 2.05) is 0 Å². The van der Waals surface area contributed by atoms with Gasteiger partial charge in [-0.3, -0.25) is 5.43 Å². The highest BCUT2D eigenvalue weighted by Gasteiger charge is 2.40. The summed E-state index contributed by atoms with van der Waals surface area (Å²) in [6.07, 6.45) is 0.914. The van der Waals surface area contributed by atoms with Crippen molar-refractivity contribution in [1.82, 2.24) is 5.43 Å².